The third-order valence-electron chi connectivity index (χ3n) is 5.65. The zero-order valence-electron chi connectivity index (χ0n) is 17.9. The van der Waals surface area contributed by atoms with Crippen LogP contribution in [0.2, 0.25) is 0 Å². The summed E-state index contributed by atoms with van der Waals surface area (Å²) in [6.45, 7) is 4.72. The molecule has 5 nitrogen and oxygen atoms in total. The van der Waals surface area contributed by atoms with Crippen molar-refractivity contribution in [3.8, 4) is 0 Å². The third-order valence-corrected chi connectivity index (χ3v) is 6.79. The van der Waals surface area contributed by atoms with E-state index >= 15 is 0 Å². The molecule has 0 fully saturated rings. The number of hydrogen-bond acceptors (Lipinski definition) is 4. The molecule has 1 aromatic heterocycles. The van der Waals surface area contributed by atoms with E-state index in [1.165, 1.54) is 17.3 Å². The number of carbonyl (C=O) groups excluding carboxylic acids is 1. The smallest absolute Gasteiger partial charge is 0.313 e. The van der Waals surface area contributed by atoms with Gasteiger partial charge in [-0.3, -0.25) is 14.6 Å². The fourth-order valence-corrected chi connectivity index (χ4v) is 5.22. The van der Waals surface area contributed by atoms with Crippen molar-refractivity contribution in [1.82, 2.24) is 4.98 Å². The molecule has 0 saturated heterocycles. The number of aromatic nitrogens is 1. The first-order valence-electron chi connectivity index (χ1n) is 10.7. The second kappa shape index (κ2) is 9.10. The van der Waals surface area contributed by atoms with Crippen molar-refractivity contribution in [2.24, 2.45) is 0 Å². The van der Waals surface area contributed by atoms with Crippen LogP contribution in [0.5, 0.6) is 0 Å². The number of pyridine rings is 1. The predicted octanol–water partition coefficient (Wildman–Crippen LogP) is 5.27. The Labute approximate surface area is 186 Å². The monoisotopic (exact) mass is 434 g/mol. The number of hydrogen-bond donors (Lipinski definition) is 1. The van der Waals surface area contributed by atoms with Gasteiger partial charge in [-0.05, 0) is 61.9 Å². The lowest BCUT2D eigenvalue weighted by Gasteiger charge is -2.24. The minimum absolute atomic E-state index is 0.0177. The molecule has 1 heterocycles. The maximum atomic E-state index is 13.5. The third kappa shape index (κ3) is 4.30. The van der Waals surface area contributed by atoms with E-state index in [9.17, 15) is 9.59 Å². The second-order valence-corrected chi connectivity index (χ2v) is 8.86. The highest BCUT2D eigenvalue weighted by Gasteiger charge is 2.23. The number of benzene rings is 2. The van der Waals surface area contributed by atoms with Crippen LogP contribution in [0.3, 0.4) is 0 Å². The van der Waals surface area contributed by atoms with Crippen LogP contribution in [0.4, 0.5) is 5.69 Å². The van der Waals surface area contributed by atoms with Gasteiger partial charge in [-0.15, -0.1) is 11.8 Å². The van der Waals surface area contributed by atoms with Crippen molar-refractivity contribution in [2.45, 2.75) is 44.4 Å². The van der Waals surface area contributed by atoms with Crippen molar-refractivity contribution < 1.29 is 14.7 Å². The Balaban J connectivity index is 1.76. The quantitative estimate of drug-likeness (QED) is 0.513. The highest BCUT2D eigenvalue weighted by Crippen LogP contribution is 2.37. The largest absolute Gasteiger partial charge is 0.481 e. The molecule has 0 radical (unpaired) electrons. The number of carbonyl (C=O) groups is 2. The number of anilines is 1. The number of para-hydroxylation sites is 1. The van der Waals surface area contributed by atoms with E-state index in [0.29, 0.717) is 12.1 Å². The molecule has 4 rings (SSSR count). The first-order valence-corrected chi connectivity index (χ1v) is 11.7. The van der Waals surface area contributed by atoms with E-state index in [2.05, 4.69) is 6.92 Å². The number of carboxylic acids is 1. The van der Waals surface area contributed by atoms with Crippen LogP contribution in [0, 0.1) is 6.92 Å². The first kappa shape index (κ1) is 21.4. The van der Waals surface area contributed by atoms with Gasteiger partial charge in [-0.25, -0.2) is 0 Å². The highest BCUT2D eigenvalue weighted by molar-refractivity contribution is 8.00. The summed E-state index contributed by atoms with van der Waals surface area (Å²) in [5.41, 5.74) is 5.56. The lowest BCUT2D eigenvalue weighted by atomic mass is 10.1. The summed E-state index contributed by atoms with van der Waals surface area (Å²) in [6, 6.07) is 13.6. The molecule has 0 bridgehead atoms. The maximum absolute atomic E-state index is 13.5. The van der Waals surface area contributed by atoms with Crippen LogP contribution in [0.15, 0.2) is 47.4 Å². The van der Waals surface area contributed by atoms with E-state index in [-0.39, 0.29) is 11.7 Å². The molecule has 3 aromatic rings. The Hall–Kier alpha value is -2.86. The van der Waals surface area contributed by atoms with Gasteiger partial charge in [0.05, 0.1) is 11.3 Å². The molecule has 2 aromatic carbocycles. The SMILES string of the molecule is CCCN(C(=O)c1ccc2c(SCC(=O)O)c3c(nc2c1)CCC3)c1ccccc1C. The summed E-state index contributed by atoms with van der Waals surface area (Å²) in [7, 11) is 0. The summed E-state index contributed by atoms with van der Waals surface area (Å²) in [4.78, 5) is 32.3. The normalized spacial score (nSPS) is 12.7. The van der Waals surface area contributed by atoms with E-state index < -0.39 is 5.97 Å². The topological polar surface area (TPSA) is 70.5 Å². The molecule has 1 aliphatic rings. The average molecular weight is 435 g/mol. The minimum atomic E-state index is -0.832. The standard InChI is InChI=1S/C25H26N2O3S/c1-3-13-27(22-10-5-4-7-16(22)2)25(30)17-11-12-19-21(14-17)26-20-9-6-8-18(20)24(19)31-15-23(28)29/h4-5,7,10-12,14H,3,6,8-9,13,15H2,1-2H3,(H,28,29). The molecular formula is C25H26N2O3S. The Morgan fingerprint density at radius 2 is 1.97 bits per heavy atom. The number of carboxylic acid groups (broad SMARTS) is 1. The zero-order valence-corrected chi connectivity index (χ0v) is 18.7. The number of fused-ring (bicyclic) bond motifs is 2. The Morgan fingerprint density at radius 3 is 2.71 bits per heavy atom. The minimum Gasteiger partial charge on any atom is -0.481 e. The van der Waals surface area contributed by atoms with E-state index in [4.69, 9.17) is 10.1 Å². The number of thioether (sulfide) groups is 1. The predicted molar refractivity (Wildman–Crippen MR) is 125 cm³/mol. The fourth-order valence-electron chi connectivity index (χ4n) is 4.23. The van der Waals surface area contributed by atoms with E-state index in [1.54, 1.807) is 0 Å². The van der Waals surface area contributed by atoms with Crippen LogP contribution >= 0.6 is 11.8 Å². The molecule has 0 atom stereocenters. The number of rotatable bonds is 7. The van der Waals surface area contributed by atoms with Gasteiger partial charge >= 0.3 is 5.97 Å². The lowest BCUT2D eigenvalue weighted by molar-refractivity contribution is -0.133. The number of amides is 1. The van der Waals surface area contributed by atoms with Crippen molar-refractivity contribution in [3.63, 3.8) is 0 Å². The van der Waals surface area contributed by atoms with Gasteiger partial charge in [-0.1, -0.05) is 31.2 Å². The average Bonchev–Trinajstić information content (AvgIpc) is 3.23. The van der Waals surface area contributed by atoms with Gasteiger partial charge in [0.1, 0.15) is 0 Å². The van der Waals surface area contributed by atoms with Crippen molar-refractivity contribution >= 4 is 40.2 Å². The van der Waals surface area contributed by atoms with Gasteiger partial charge in [0.25, 0.3) is 5.91 Å². The van der Waals surface area contributed by atoms with E-state index in [1.807, 2.05) is 54.3 Å². The molecule has 160 valence electrons. The molecule has 1 aliphatic carbocycles. The molecule has 0 spiro atoms. The van der Waals surface area contributed by atoms with Crippen LogP contribution in [0.25, 0.3) is 10.9 Å². The summed E-state index contributed by atoms with van der Waals surface area (Å²) < 4.78 is 0. The molecule has 6 heteroatoms. The summed E-state index contributed by atoms with van der Waals surface area (Å²) in [5, 5.41) is 10.1. The van der Waals surface area contributed by atoms with Gasteiger partial charge in [0, 0.05) is 33.8 Å². The summed E-state index contributed by atoms with van der Waals surface area (Å²) in [5.74, 6) is -0.855. The Kier molecular flexibility index (Phi) is 6.28. The van der Waals surface area contributed by atoms with Crippen LogP contribution < -0.4 is 4.90 Å². The van der Waals surface area contributed by atoms with E-state index in [0.717, 1.165) is 58.4 Å². The zero-order chi connectivity index (χ0) is 22.0. The molecule has 1 amide bonds. The summed E-state index contributed by atoms with van der Waals surface area (Å²) in [6.07, 6.45) is 3.71. The number of nitrogens with zero attached hydrogens (tertiary/aromatic N) is 2. The number of aryl methyl sites for hydroxylation is 2. The van der Waals surface area contributed by atoms with Crippen molar-refractivity contribution in [1.29, 1.82) is 0 Å². The second-order valence-electron chi connectivity index (χ2n) is 7.88. The van der Waals surface area contributed by atoms with Crippen LogP contribution in [-0.4, -0.2) is 34.3 Å². The van der Waals surface area contributed by atoms with Gasteiger partial charge < -0.3 is 10.0 Å². The number of aliphatic carboxylic acids is 1. The van der Waals surface area contributed by atoms with Gasteiger partial charge in [0.2, 0.25) is 0 Å². The lowest BCUT2D eigenvalue weighted by Crippen LogP contribution is -2.32. The Bertz CT molecular complexity index is 1160. The van der Waals surface area contributed by atoms with Crippen molar-refractivity contribution in [2.75, 3.05) is 17.2 Å². The van der Waals surface area contributed by atoms with Crippen molar-refractivity contribution in [3.05, 3.63) is 64.8 Å². The fraction of sp³-hybridized carbons (Fsp3) is 0.320. The van der Waals surface area contributed by atoms with Crippen LogP contribution in [0.1, 0.15) is 46.9 Å². The molecule has 31 heavy (non-hydrogen) atoms. The van der Waals surface area contributed by atoms with Crippen LogP contribution in [-0.2, 0) is 17.6 Å². The molecule has 0 unspecified atom stereocenters. The summed E-state index contributed by atoms with van der Waals surface area (Å²) >= 11 is 1.36. The van der Waals surface area contributed by atoms with Gasteiger partial charge in [0.15, 0.2) is 0 Å². The van der Waals surface area contributed by atoms with Gasteiger partial charge in [-0.2, -0.15) is 0 Å². The maximum Gasteiger partial charge on any atom is 0.313 e. The molecule has 0 aliphatic heterocycles. The highest BCUT2D eigenvalue weighted by atomic mass is 32.2. The molecule has 1 N–H and O–H groups in total. The molecular weight excluding hydrogens is 408 g/mol. The first-order chi connectivity index (χ1) is 15.0. The molecule has 0 saturated carbocycles. The Morgan fingerprint density at radius 1 is 1.16 bits per heavy atom.